The lowest BCUT2D eigenvalue weighted by Crippen LogP contribution is -2.53. The Morgan fingerprint density at radius 1 is 1.09 bits per heavy atom. The van der Waals surface area contributed by atoms with Crippen LogP contribution in [-0.2, 0) is 9.59 Å². The molecule has 0 aliphatic carbocycles. The Bertz CT molecular complexity index is 1090. The van der Waals surface area contributed by atoms with Crippen LogP contribution in [0.3, 0.4) is 0 Å². The van der Waals surface area contributed by atoms with Crippen molar-refractivity contribution in [2.45, 2.75) is 44.8 Å². The van der Waals surface area contributed by atoms with Gasteiger partial charge in [-0.3, -0.25) is 19.2 Å². The molecule has 1 aromatic carbocycles. The molecule has 9 nitrogen and oxygen atoms in total. The molecule has 4 rings (SSSR count). The van der Waals surface area contributed by atoms with Gasteiger partial charge in [-0.2, -0.15) is 0 Å². The number of rotatable bonds is 7. The van der Waals surface area contributed by atoms with Crippen molar-refractivity contribution in [3.05, 3.63) is 54.0 Å². The first-order valence-electron chi connectivity index (χ1n) is 11.9. The summed E-state index contributed by atoms with van der Waals surface area (Å²) in [4.78, 5) is 57.4. The Morgan fingerprint density at radius 2 is 1.80 bits per heavy atom. The number of carbonyl (C=O) groups excluding carboxylic acids is 4. The van der Waals surface area contributed by atoms with Gasteiger partial charge in [-0.15, -0.1) is 0 Å². The van der Waals surface area contributed by atoms with Gasteiger partial charge in [-0.05, 0) is 49.1 Å². The number of fused-ring (bicyclic) bond motifs is 1. The van der Waals surface area contributed by atoms with Crippen LogP contribution in [0.15, 0.2) is 47.3 Å². The molecule has 186 valence electrons. The van der Waals surface area contributed by atoms with E-state index < -0.39 is 12.1 Å². The molecule has 3 amide bonds. The van der Waals surface area contributed by atoms with Gasteiger partial charge in [0.2, 0.25) is 5.91 Å². The molecule has 0 bridgehead atoms. The predicted molar refractivity (Wildman–Crippen MR) is 130 cm³/mol. The number of Topliss-reactive ketones (excluding diaryl/α,β-unsaturated/α-hetero) is 1. The standard InChI is InChI=1S/C26H32N4O5/c1-16(2)13-20(27-24(32)17-5-7-19(8-6-17)28(3)4)26(34)29-11-9-21-23(29)22(31)14-30(21)25(33)18-10-12-35-15-18/h5-8,10,12,15-16,20-21,23H,9,11,13-14H2,1-4H3,(H,27,32). The first-order valence-corrected chi connectivity index (χ1v) is 11.9. The molecule has 2 aromatic rings. The lowest BCUT2D eigenvalue weighted by molar-refractivity contribution is -0.138. The molecule has 3 heterocycles. The zero-order valence-corrected chi connectivity index (χ0v) is 20.6. The molecule has 1 aromatic heterocycles. The van der Waals surface area contributed by atoms with Crippen LogP contribution in [0, 0.1) is 5.92 Å². The van der Waals surface area contributed by atoms with Gasteiger partial charge in [-0.25, -0.2) is 0 Å². The van der Waals surface area contributed by atoms with Crippen molar-refractivity contribution in [1.82, 2.24) is 15.1 Å². The van der Waals surface area contributed by atoms with E-state index >= 15 is 0 Å². The number of hydrogen-bond acceptors (Lipinski definition) is 6. The maximum absolute atomic E-state index is 13.6. The Kier molecular flexibility index (Phi) is 6.95. The third kappa shape index (κ3) is 4.94. The highest BCUT2D eigenvalue weighted by Crippen LogP contribution is 2.32. The summed E-state index contributed by atoms with van der Waals surface area (Å²) in [5.41, 5.74) is 1.81. The summed E-state index contributed by atoms with van der Waals surface area (Å²) in [7, 11) is 3.84. The first kappa shape index (κ1) is 24.5. The van der Waals surface area contributed by atoms with E-state index in [9.17, 15) is 19.2 Å². The van der Waals surface area contributed by atoms with Gasteiger partial charge >= 0.3 is 0 Å². The number of carbonyl (C=O) groups is 4. The summed E-state index contributed by atoms with van der Waals surface area (Å²) in [6.07, 6.45) is 3.73. The molecule has 0 saturated carbocycles. The minimum Gasteiger partial charge on any atom is -0.472 e. The zero-order chi connectivity index (χ0) is 25.3. The number of benzene rings is 1. The van der Waals surface area contributed by atoms with Crippen LogP contribution in [0.4, 0.5) is 5.69 Å². The van der Waals surface area contributed by atoms with E-state index in [2.05, 4.69) is 5.32 Å². The van der Waals surface area contributed by atoms with Crippen molar-refractivity contribution in [2.75, 3.05) is 32.1 Å². The molecule has 0 radical (unpaired) electrons. The van der Waals surface area contributed by atoms with Gasteiger partial charge in [-0.1, -0.05) is 13.8 Å². The fourth-order valence-corrected chi connectivity index (χ4v) is 4.94. The van der Waals surface area contributed by atoms with E-state index in [4.69, 9.17) is 4.42 Å². The molecule has 3 atom stereocenters. The second kappa shape index (κ2) is 9.93. The van der Waals surface area contributed by atoms with Crippen LogP contribution < -0.4 is 10.2 Å². The summed E-state index contributed by atoms with van der Waals surface area (Å²) < 4.78 is 5.01. The van der Waals surface area contributed by atoms with Gasteiger partial charge in [0.1, 0.15) is 18.3 Å². The van der Waals surface area contributed by atoms with E-state index in [0.29, 0.717) is 30.5 Å². The first-order chi connectivity index (χ1) is 16.7. The van der Waals surface area contributed by atoms with Crippen LogP contribution in [0.25, 0.3) is 0 Å². The lowest BCUT2D eigenvalue weighted by atomic mass is 10.0. The Hall–Kier alpha value is -3.62. The Balaban J connectivity index is 1.49. The predicted octanol–water partition coefficient (Wildman–Crippen LogP) is 2.18. The molecular weight excluding hydrogens is 448 g/mol. The van der Waals surface area contributed by atoms with Crippen molar-refractivity contribution < 1.29 is 23.6 Å². The summed E-state index contributed by atoms with van der Waals surface area (Å²) in [6.45, 7) is 4.29. The SMILES string of the molecule is CC(C)CC(NC(=O)c1ccc(N(C)C)cc1)C(=O)N1CCC2C1C(=O)CN2C(=O)c1ccoc1. The molecule has 9 heteroatoms. The number of amides is 3. The van der Waals surface area contributed by atoms with Gasteiger partial charge < -0.3 is 24.4 Å². The maximum atomic E-state index is 13.6. The monoisotopic (exact) mass is 480 g/mol. The van der Waals surface area contributed by atoms with Crippen LogP contribution in [0.1, 0.15) is 47.4 Å². The second-order valence-electron chi connectivity index (χ2n) is 9.84. The number of furan rings is 1. The van der Waals surface area contributed by atoms with Crippen LogP contribution >= 0.6 is 0 Å². The Labute approximate surface area is 205 Å². The summed E-state index contributed by atoms with van der Waals surface area (Å²) in [5.74, 6) is -0.902. The van der Waals surface area contributed by atoms with Crippen molar-refractivity contribution >= 4 is 29.2 Å². The quantitative estimate of drug-likeness (QED) is 0.652. The summed E-state index contributed by atoms with van der Waals surface area (Å²) >= 11 is 0. The summed E-state index contributed by atoms with van der Waals surface area (Å²) in [5, 5.41) is 2.89. The van der Waals surface area contributed by atoms with Crippen molar-refractivity contribution in [3.63, 3.8) is 0 Å². The highest BCUT2D eigenvalue weighted by atomic mass is 16.3. The average Bonchev–Trinajstić information content (AvgIpc) is 3.56. The van der Waals surface area contributed by atoms with E-state index in [0.717, 1.165) is 5.69 Å². The third-order valence-corrected chi connectivity index (χ3v) is 6.69. The third-order valence-electron chi connectivity index (χ3n) is 6.69. The second-order valence-corrected chi connectivity index (χ2v) is 9.84. The van der Waals surface area contributed by atoms with E-state index in [1.165, 1.54) is 17.4 Å². The maximum Gasteiger partial charge on any atom is 0.257 e. The van der Waals surface area contributed by atoms with Crippen LogP contribution in [0.5, 0.6) is 0 Å². The molecule has 1 N–H and O–H groups in total. The topological polar surface area (TPSA) is 103 Å². The number of nitrogens with zero attached hydrogens (tertiary/aromatic N) is 3. The number of ketones is 1. The number of hydrogen-bond donors (Lipinski definition) is 1. The van der Waals surface area contributed by atoms with Crippen molar-refractivity contribution in [2.24, 2.45) is 5.92 Å². The molecule has 3 unspecified atom stereocenters. The molecule has 0 spiro atoms. The Morgan fingerprint density at radius 3 is 2.40 bits per heavy atom. The smallest absolute Gasteiger partial charge is 0.257 e. The molecule has 2 aliphatic heterocycles. The molecular formula is C26H32N4O5. The molecule has 2 saturated heterocycles. The lowest BCUT2D eigenvalue weighted by Gasteiger charge is -2.29. The van der Waals surface area contributed by atoms with Crippen LogP contribution in [-0.4, -0.2) is 78.6 Å². The molecule has 2 aliphatic rings. The summed E-state index contributed by atoms with van der Waals surface area (Å²) in [6, 6.07) is 6.90. The number of nitrogens with one attached hydrogen (secondary N) is 1. The highest BCUT2D eigenvalue weighted by molar-refractivity contribution is 6.03. The van der Waals surface area contributed by atoms with E-state index in [1.807, 2.05) is 45.0 Å². The normalized spacial score (nSPS) is 20.2. The van der Waals surface area contributed by atoms with E-state index in [1.54, 1.807) is 23.1 Å². The number of anilines is 1. The fourth-order valence-electron chi connectivity index (χ4n) is 4.94. The van der Waals surface area contributed by atoms with Crippen molar-refractivity contribution in [1.29, 1.82) is 0 Å². The molecule has 35 heavy (non-hydrogen) atoms. The highest BCUT2D eigenvalue weighted by Gasteiger charge is 2.52. The van der Waals surface area contributed by atoms with E-state index in [-0.39, 0.29) is 42.0 Å². The largest absolute Gasteiger partial charge is 0.472 e. The average molecular weight is 481 g/mol. The zero-order valence-electron chi connectivity index (χ0n) is 20.6. The minimum atomic E-state index is -0.763. The minimum absolute atomic E-state index is 0.0391. The van der Waals surface area contributed by atoms with Gasteiger partial charge in [0, 0.05) is 31.9 Å². The van der Waals surface area contributed by atoms with Crippen LogP contribution in [0.2, 0.25) is 0 Å². The van der Waals surface area contributed by atoms with Gasteiger partial charge in [0.25, 0.3) is 11.8 Å². The van der Waals surface area contributed by atoms with Crippen molar-refractivity contribution in [3.8, 4) is 0 Å². The fraction of sp³-hybridized carbons (Fsp3) is 0.462. The van der Waals surface area contributed by atoms with Gasteiger partial charge in [0.05, 0.1) is 24.4 Å². The number of likely N-dealkylation sites (tertiary alicyclic amines) is 2. The van der Waals surface area contributed by atoms with Gasteiger partial charge in [0.15, 0.2) is 5.78 Å². The molecule has 2 fully saturated rings.